The Morgan fingerprint density at radius 3 is 2.60 bits per heavy atom. The van der Waals surface area contributed by atoms with Gasteiger partial charge in [-0.3, -0.25) is 9.69 Å². The van der Waals surface area contributed by atoms with Crippen LogP contribution in [0.3, 0.4) is 0 Å². The fraction of sp³-hybridized carbons (Fsp3) is 0.480. The summed E-state index contributed by atoms with van der Waals surface area (Å²) in [6.45, 7) is 1.36. The van der Waals surface area contributed by atoms with Crippen molar-refractivity contribution in [1.29, 1.82) is 0 Å². The molecule has 1 aliphatic carbocycles. The highest BCUT2D eigenvalue weighted by Gasteiger charge is 2.44. The zero-order valence-corrected chi connectivity index (χ0v) is 21.3. The third-order valence-corrected chi connectivity index (χ3v) is 8.67. The maximum atomic E-state index is 13.5. The van der Waals surface area contributed by atoms with Crippen LogP contribution in [0.25, 0.3) is 11.0 Å². The molecular weight excluding hydrogens is 464 g/mol. The van der Waals surface area contributed by atoms with Gasteiger partial charge in [-0.2, -0.15) is 0 Å². The maximum absolute atomic E-state index is 13.5. The van der Waals surface area contributed by atoms with Crippen LogP contribution in [0.5, 0.6) is 0 Å². The Labute approximate surface area is 205 Å². The maximum Gasteiger partial charge on any atom is 0.245 e. The van der Waals surface area contributed by atoms with Crippen LogP contribution in [-0.4, -0.2) is 73.2 Å². The summed E-state index contributed by atoms with van der Waals surface area (Å²) in [4.78, 5) is 30.6. The largest absolute Gasteiger partial charge is 0.356 e. The van der Waals surface area contributed by atoms with E-state index in [2.05, 4.69) is 25.2 Å². The van der Waals surface area contributed by atoms with Gasteiger partial charge in [-0.25, -0.2) is 18.4 Å². The predicted molar refractivity (Wildman–Crippen MR) is 137 cm³/mol. The molecule has 10 heteroatoms. The zero-order valence-electron chi connectivity index (χ0n) is 20.5. The van der Waals surface area contributed by atoms with E-state index in [1.54, 1.807) is 18.5 Å². The molecule has 5 rings (SSSR count). The van der Waals surface area contributed by atoms with E-state index >= 15 is 0 Å². The molecule has 2 aliphatic rings. The van der Waals surface area contributed by atoms with E-state index in [1.807, 2.05) is 19.0 Å². The van der Waals surface area contributed by atoms with Gasteiger partial charge < -0.3 is 15.2 Å². The molecule has 186 valence electrons. The molecule has 0 unspecified atom stereocenters. The third kappa shape index (κ3) is 4.29. The molecule has 3 aromatic rings. The molecule has 1 saturated heterocycles. The van der Waals surface area contributed by atoms with Gasteiger partial charge in [-0.15, -0.1) is 0 Å². The quantitative estimate of drug-likeness (QED) is 0.559. The highest BCUT2D eigenvalue weighted by molar-refractivity contribution is 7.90. The van der Waals surface area contributed by atoms with Crippen LogP contribution in [0.15, 0.2) is 35.5 Å². The van der Waals surface area contributed by atoms with Gasteiger partial charge in [-0.05, 0) is 76.4 Å². The minimum atomic E-state index is -3.36. The fourth-order valence-corrected chi connectivity index (χ4v) is 6.14. The molecule has 0 bridgehead atoms. The van der Waals surface area contributed by atoms with Crippen molar-refractivity contribution in [2.24, 2.45) is 0 Å². The van der Waals surface area contributed by atoms with Gasteiger partial charge in [0.15, 0.2) is 9.84 Å². The number of H-pyrrole nitrogens is 1. The SMILES string of the molecule is CN(C)C1(C(=O)Nc2cccc(S(C)(=O)=O)c2)CCN(c2ncnc3[nH]c4c(c23)CCCC4)CC1. The number of anilines is 2. The van der Waals surface area contributed by atoms with Crippen molar-refractivity contribution in [2.75, 3.05) is 43.7 Å². The van der Waals surface area contributed by atoms with E-state index in [4.69, 9.17) is 0 Å². The summed E-state index contributed by atoms with van der Waals surface area (Å²) < 4.78 is 23.9. The number of carbonyl (C=O) groups is 1. The Morgan fingerprint density at radius 1 is 1.14 bits per heavy atom. The number of carbonyl (C=O) groups excluding carboxylic acids is 1. The number of benzene rings is 1. The van der Waals surface area contributed by atoms with Crippen molar-refractivity contribution in [2.45, 2.75) is 49.0 Å². The van der Waals surface area contributed by atoms with Gasteiger partial charge in [0.25, 0.3) is 0 Å². The lowest BCUT2D eigenvalue weighted by Gasteiger charge is -2.45. The molecule has 0 saturated carbocycles. The van der Waals surface area contributed by atoms with Gasteiger partial charge >= 0.3 is 0 Å². The second-order valence-corrected chi connectivity index (χ2v) is 11.9. The summed E-state index contributed by atoms with van der Waals surface area (Å²) in [5, 5.41) is 4.10. The second kappa shape index (κ2) is 8.91. The van der Waals surface area contributed by atoms with E-state index in [0.717, 1.165) is 35.9 Å². The van der Waals surface area contributed by atoms with Crippen molar-refractivity contribution < 1.29 is 13.2 Å². The van der Waals surface area contributed by atoms with E-state index < -0.39 is 15.4 Å². The Hall–Kier alpha value is -2.98. The van der Waals surface area contributed by atoms with Gasteiger partial charge in [-0.1, -0.05) is 6.07 Å². The molecule has 9 nitrogen and oxygen atoms in total. The number of aromatic amines is 1. The first-order valence-electron chi connectivity index (χ1n) is 12.1. The first kappa shape index (κ1) is 23.7. The number of piperidine rings is 1. The molecule has 0 radical (unpaired) electrons. The fourth-order valence-electron chi connectivity index (χ4n) is 5.47. The lowest BCUT2D eigenvalue weighted by molar-refractivity contribution is -0.128. The lowest BCUT2D eigenvalue weighted by Crippen LogP contribution is -2.59. The minimum absolute atomic E-state index is 0.125. The van der Waals surface area contributed by atoms with Gasteiger partial charge in [0.1, 0.15) is 23.3 Å². The average Bonchev–Trinajstić information content (AvgIpc) is 3.22. The number of amides is 1. The number of rotatable bonds is 5. The van der Waals surface area contributed by atoms with Crippen LogP contribution in [0, 0.1) is 0 Å². The summed E-state index contributed by atoms with van der Waals surface area (Å²) in [5.41, 5.74) is 3.30. The molecule has 35 heavy (non-hydrogen) atoms. The van der Waals surface area contributed by atoms with Crippen molar-refractivity contribution in [3.8, 4) is 0 Å². The van der Waals surface area contributed by atoms with Gasteiger partial charge in [0.05, 0.1) is 10.3 Å². The summed E-state index contributed by atoms with van der Waals surface area (Å²) >= 11 is 0. The lowest BCUT2D eigenvalue weighted by atomic mass is 9.85. The number of fused-ring (bicyclic) bond motifs is 3. The van der Waals surface area contributed by atoms with E-state index in [1.165, 1.54) is 36.2 Å². The molecule has 1 fully saturated rings. The molecule has 1 amide bonds. The van der Waals surface area contributed by atoms with E-state index in [0.29, 0.717) is 31.6 Å². The molecule has 0 spiro atoms. The summed E-state index contributed by atoms with van der Waals surface area (Å²) in [7, 11) is 0.490. The summed E-state index contributed by atoms with van der Waals surface area (Å²) in [5.74, 6) is 0.822. The number of aromatic nitrogens is 3. The summed E-state index contributed by atoms with van der Waals surface area (Å²) in [6, 6.07) is 6.42. The molecular formula is C25H32N6O3S. The normalized spacial score (nSPS) is 18.0. The van der Waals surface area contributed by atoms with Crippen molar-refractivity contribution in [1.82, 2.24) is 19.9 Å². The predicted octanol–water partition coefficient (Wildman–Crippen LogP) is 2.78. The standard InChI is InChI=1S/C25H32N6O3S/c1-30(2)25(24(32)28-17-7-6-8-18(15-17)35(3,33)34)11-13-31(14-12-25)23-21-19-9-4-5-10-20(19)29-22(21)26-16-27-23/h6-8,15-16H,4-5,9-14H2,1-3H3,(H,28,32)(H,26,27,29). The highest BCUT2D eigenvalue weighted by Crippen LogP contribution is 2.37. The number of sulfone groups is 1. The Bertz CT molecular complexity index is 1370. The zero-order chi connectivity index (χ0) is 24.8. The molecule has 0 atom stereocenters. The monoisotopic (exact) mass is 496 g/mol. The average molecular weight is 497 g/mol. The second-order valence-electron chi connectivity index (χ2n) is 9.88. The first-order chi connectivity index (χ1) is 16.7. The van der Waals surface area contributed by atoms with Crippen molar-refractivity contribution in [3.63, 3.8) is 0 Å². The number of nitrogens with zero attached hydrogens (tertiary/aromatic N) is 4. The summed E-state index contributed by atoms with van der Waals surface area (Å²) in [6.07, 6.45) is 8.49. The van der Waals surface area contributed by atoms with Crippen LogP contribution in [0.1, 0.15) is 36.9 Å². The third-order valence-electron chi connectivity index (χ3n) is 7.56. The first-order valence-corrected chi connectivity index (χ1v) is 14.0. The molecule has 1 aromatic carbocycles. The Morgan fingerprint density at radius 2 is 1.89 bits per heavy atom. The Balaban J connectivity index is 1.38. The molecule has 2 aromatic heterocycles. The van der Waals surface area contributed by atoms with Gasteiger partial charge in [0.2, 0.25) is 5.91 Å². The van der Waals surface area contributed by atoms with Crippen molar-refractivity contribution >= 4 is 38.3 Å². The smallest absolute Gasteiger partial charge is 0.245 e. The highest BCUT2D eigenvalue weighted by atomic mass is 32.2. The minimum Gasteiger partial charge on any atom is -0.356 e. The Kier molecular flexibility index (Phi) is 6.04. The van der Waals surface area contributed by atoms with E-state index in [9.17, 15) is 13.2 Å². The number of aryl methyl sites for hydroxylation is 2. The van der Waals surface area contributed by atoms with Crippen molar-refractivity contribution in [3.05, 3.63) is 41.9 Å². The number of hydrogen-bond donors (Lipinski definition) is 2. The van der Waals surface area contributed by atoms with Crippen LogP contribution < -0.4 is 10.2 Å². The number of nitrogens with one attached hydrogen (secondary N) is 2. The molecule has 1 aliphatic heterocycles. The molecule has 3 heterocycles. The van der Waals surface area contributed by atoms with Crippen LogP contribution in [0.2, 0.25) is 0 Å². The van der Waals surface area contributed by atoms with Gasteiger partial charge in [0, 0.05) is 30.7 Å². The number of likely N-dealkylation sites (N-methyl/N-ethyl adjacent to an activating group) is 1. The van der Waals surface area contributed by atoms with E-state index in [-0.39, 0.29) is 10.8 Å². The van der Waals surface area contributed by atoms with Crippen LogP contribution in [-0.2, 0) is 27.5 Å². The van der Waals surface area contributed by atoms with Crippen LogP contribution >= 0.6 is 0 Å². The molecule has 2 N–H and O–H groups in total. The number of hydrogen-bond acceptors (Lipinski definition) is 7. The van der Waals surface area contributed by atoms with Crippen LogP contribution in [0.4, 0.5) is 11.5 Å². The topological polar surface area (TPSA) is 111 Å².